The van der Waals surface area contributed by atoms with E-state index in [0.29, 0.717) is 0 Å². The fourth-order valence-corrected chi connectivity index (χ4v) is 1.31. The molecule has 0 aromatic carbocycles. The Morgan fingerprint density at radius 1 is 1.33 bits per heavy atom. The predicted octanol–water partition coefficient (Wildman–Crippen LogP) is 0.216. The van der Waals surface area contributed by atoms with Crippen molar-refractivity contribution in [3.05, 3.63) is 0 Å². The molecule has 2 amide bonds. The molecule has 0 aliphatic heterocycles. The van der Waals surface area contributed by atoms with E-state index >= 15 is 0 Å². The molecule has 18 heavy (non-hydrogen) atoms. The third-order valence-corrected chi connectivity index (χ3v) is 2.63. The molecule has 0 heterocycles. The van der Waals surface area contributed by atoms with Gasteiger partial charge in [-0.1, -0.05) is 0 Å². The van der Waals surface area contributed by atoms with E-state index in [1.54, 1.807) is 5.32 Å². The first-order valence-electron chi connectivity index (χ1n) is 5.21. The van der Waals surface area contributed by atoms with Crippen molar-refractivity contribution in [3.8, 4) is 0 Å². The summed E-state index contributed by atoms with van der Waals surface area (Å²) in [5, 5.41) is 21.1. The number of halogens is 3. The summed E-state index contributed by atoms with van der Waals surface area (Å²) in [6.07, 6.45) is -6.75. The van der Waals surface area contributed by atoms with Crippen molar-refractivity contribution < 1.29 is 33.0 Å². The number of rotatable bonds is 5. The van der Waals surface area contributed by atoms with Gasteiger partial charge in [-0.3, -0.25) is 0 Å². The van der Waals surface area contributed by atoms with Crippen molar-refractivity contribution in [3.63, 3.8) is 0 Å². The lowest BCUT2D eigenvalue weighted by atomic mass is 10.2. The fraction of sp³-hybridized carbons (Fsp3) is 0.778. The molecule has 0 bridgehead atoms. The third-order valence-electron chi connectivity index (χ3n) is 2.63. The standard InChI is InChI=1S/C9H13F3N2O4/c10-9(11,12)8(2-3-8)14-7(18)13-4-1-5(15)6(16)17/h5,15H,1-4H2,(H,16,17)(H2,13,14,18)/t5-/m0/s1. The zero-order valence-corrected chi connectivity index (χ0v) is 9.25. The monoisotopic (exact) mass is 270 g/mol. The molecule has 1 atom stereocenters. The second-order valence-electron chi connectivity index (χ2n) is 4.10. The highest BCUT2D eigenvalue weighted by molar-refractivity contribution is 5.76. The van der Waals surface area contributed by atoms with Gasteiger partial charge >= 0.3 is 18.2 Å². The summed E-state index contributed by atoms with van der Waals surface area (Å²) >= 11 is 0. The number of carbonyl (C=O) groups excluding carboxylic acids is 1. The van der Waals surface area contributed by atoms with E-state index in [1.165, 1.54) is 0 Å². The maximum Gasteiger partial charge on any atom is 0.411 e. The van der Waals surface area contributed by atoms with Crippen LogP contribution >= 0.6 is 0 Å². The number of hydrogen-bond acceptors (Lipinski definition) is 3. The minimum atomic E-state index is -4.50. The third kappa shape index (κ3) is 3.49. The normalized spacial score (nSPS) is 18.9. The molecule has 0 spiro atoms. The van der Waals surface area contributed by atoms with Gasteiger partial charge in [0, 0.05) is 13.0 Å². The number of alkyl halides is 3. The summed E-state index contributed by atoms with van der Waals surface area (Å²) in [5.74, 6) is -1.45. The average Bonchev–Trinajstić information content (AvgIpc) is 2.97. The molecule has 0 aromatic rings. The van der Waals surface area contributed by atoms with E-state index < -0.39 is 29.8 Å². The van der Waals surface area contributed by atoms with Crippen LogP contribution in [0.25, 0.3) is 0 Å². The number of carbonyl (C=O) groups is 2. The van der Waals surface area contributed by atoms with Crippen molar-refractivity contribution in [1.29, 1.82) is 0 Å². The molecule has 104 valence electrons. The van der Waals surface area contributed by atoms with Gasteiger partial charge in [0.05, 0.1) is 0 Å². The van der Waals surface area contributed by atoms with Crippen LogP contribution in [0.2, 0.25) is 0 Å². The molecule has 1 aliphatic rings. The number of urea groups is 1. The number of aliphatic hydroxyl groups excluding tert-OH is 1. The highest BCUT2D eigenvalue weighted by Crippen LogP contribution is 2.48. The molecule has 9 heteroatoms. The molecule has 0 aromatic heterocycles. The highest BCUT2D eigenvalue weighted by Gasteiger charge is 2.64. The Bertz CT molecular complexity index is 341. The Labute approximate surface area is 100 Å². The summed E-state index contributed by atoms with van der Waals surface area (Å²) in [4.78, 5) is 21.4. The number of nitrogens with one attached hydrogen (secondary N) is 2. The first-order valence-corrected chi connectivity index (χ1v) is 5.21. The summed E-state index contributed by atoms with van der Waals surface area (Å²) in [6, 6.07) is -1.03. The Morgan fingerprint density at radius 2 is 1.89 bits per heavy atom. The minimum absolute atomic E-state index is 0.165. The van der Waals surface area contributed by atoms with Crippen molar-refractivity contribution in [2.75, 3.05) is 6.54 Å². The van der Waals surface area contributed by atoms with Gasteiger partial charge in [-0.2, -0.15) is 13.2 Å². The largest absolute Gasteiger partial charge is 0.479 e. The minimum Gasteiger partial charge on any atom is -0.479 e. The van der Waals surface area contributed by atoms with Gasteiger partial charge in [0.15, 0.2) is 6.10 Å². The highest BCUT2D eigenvalue weighted by atomic mass is 19.4. The van der Waals surface area contributed by atoms with E-state index in [1.807, 2.05) is 0 Å². The smallest absolute Gasteiger partial charge is 0.411 e. The molecular weight excluding hydrogens is 257 g/mol. The van der Waals surface area contributed by atoms with Crippen LogP contribution in [0.5, 0.6) is 0 Å². The Hall–Kier alpha value is -1.51. The van der Waals surface area contributed by atoms with Gasteiger partial charge in [-0.05, 0) is 12.8 Å². The van der Waals surface area contributed by atoms with Gasteiger partial charge in [-0.15, -0.1) is 0 Å². The second kappa shape index (κ2) is 5.01. The van der Waals surface area contributed by atoms with Crippen LogP contribution in [0.1, 0.15) is 19.3 Å². The molecular formula is C9H13F3N2O4. The first-order chi connectivity index (χ1) is 8.18. The fourth-order valence-electron chi connectivity index (χ4n) is 1.31. The predicted molar refractivity (Wildman–Crippen MR) is 52.8 cm³/mol. The number of carboxylic acid groups (broad SMARTS) is 1. The topological polar surface area (TPSA) is 98.7 Å². The first kappa shape index (κ1) is 14.6. The maximum atomic E-state index is 12.5. The zero-order chi connectivity index (χ0) is 14.0. The molecule has 6 nitrogen and oxygen atoms in total. The van der Waals surface area contributed by atoms with Crippen LogP contribution < -0.4 is 10.6 Å². The van der Waals surface area contributed by atoms with Crippen LogP contribution in [0, 0.1) is 0 Å². The van der Waals surface area contributed by atoms with E-state index in [-0.39, 0.29) is 25.8 Å². The molecule has 0 saturated heterocycles. The van der Waals surface area contributed by atoms with Gasteiger partial charge in [0.25, 0.3) is 0 Å². The number of carboxylic acids is 1. The lowest BCUT2D eigenvalue weighted by Crippen LogP contribution is -2.51. The second-order valence-corrected chi connectivity index (χ2v) is 4.10. The van der Waals surface area contributed by atoms with Crippen molar-refractivity contribution in [1.82, 2.24) is 10.6 Å². The summed E-state index contributed by atoms with van der Waals surface area (Å²) < 4.78 is 37.4. The van der Waals surface area contributed by atoms with Crippen molar-refractivity contribution in [2.24, 2.45) is 0 Å². The summed E-state index contributed by atoms with van der Waals surface area (Å²) in [7, 11) is 0. The number of aliphatic carboxylic acids is 1. The Kier molecular flexibility index (Phi) is 4.05. The van der Waals surface area contributed by atoms with Crippen molar-refractivity contribution in [2.45, 2.75) is 37.1 Å². The Morgan fingerprint density at radius 3 is 2.28 bits per heavy atom. The zero-order valence-electron chi connectivity index (χ0n) is 9.25. The number of amides is 2. The van der Waals surface area contributed by atoms with Crippen LogP contribution in [0.15, 0.2) is 0 Å². The van der Waals surface area contributed by atoms with Crippen LogP contribution in [0.3, 0.4) is 0 Å². The number of hydrogen-bond donors (Lipinski definition) is 4. The van der Waals surface area contributed by atoms with Crippen LogP contribution in [-0.2, 0) is 4.79 Å². The van der Waals surface area contributed by atoms with E-state index in [2.05, 4.69) is 5.32 Å². The molecule has 1 fully saturated rings. The lowest BCUT2D eigenvalue weighted by molar-refractivity contribution is -0.162. The maximum absolute atomic E-state index is 12.5. The van der Waals surface area contributed by atoms with Crippen molar-refractivity contribution >= 4 is 12.0 Å². The molecule has 0 radical (unpaired) electrons. The van der Waals surface area contributed by atoms with Gasteiger partial charge < -0.3 is 20.8 Å². The van der Waals surface area contributed by atoms with E-state index in [9.17, 15) is 22.8 Å². The lowest BCUT2D eigenvalue weighted by Gasteiger charge is -2.20. The molecule has 4 N–H and O–H groups in total. The SMILES string of the molecule is O=C(NCC[C@H](O)C(=O)O)NC1(C(F)(F)F)CC1. The summed E-state index contributed by atoms with van der Waals surface area (Å²) in [6.45, 7) is -0.229. The van der Waals surface area contributed by atoms with Crippen LogP contribution in [-0.4, -0.2) is 46.6 Å². The van der Waals surface area contributed by atoms with Gasteiger partial charge in [-0.25, -0.2) is 9.59 Å². The van der Waals surface area contributed by atoms with E-state index in [0.717, 1.165) is 0 Å². The Balaban J connectivity index is 2.29. The summed E-state index contributed by atoms with van der Waals surface area (Å²) in [5.41, 5.74) is -2.15. The molecule has 0 unspecified atom stereocenters. The molecule has 1 saturated carbocycles. The quantitative estimate of drug-likeness (QED) is 0.574. The van der Waals surface area contributed by atoms with E-state index in [4.69, 9.17) is 10.2 Å². The molecule has 1 rings (SSSR count). The van der Waals surface area contributed by atoms with Gasteiger partial charge in [0.2, 0.25) is 0 Å². The van der Waals surface area contributed by atoms with Gasteiger partial charge in [0.1, 0.15) is 5.54 Å². The number of aliphatic hydroxyl groups is 1. The average molecular weight is 270 g/mol. The molecule has 1 aliphatic carbocycles. The van der Waals surface area contributed by atoms with Crippen LogP contribution in [0.4, 0.5) is 18.0 Å².